The number of amides is 1. The lowest BCUT2D eigenvalue weighted by Crippen LogP contribution is -2.18. The molecule has 0 fully saturated rings. The number of benzene rings is 2. The Balaban J connectivity index is 2.33. The van der Waals surface area contributed by atoms with Gasteiger partial charge in [-0.25, -0.2) is 0 Å². The predicted molar refractivity (Wildman–Crippen MR) is 87.3 cm³/mol. The first-order chi connectivity index (χ1) is 10.0. The molecule has 0 atom stereocenters. The lowest BCUT2D eigenvalue weighted by atomic mass is 10.1. The summed E-state index contributed by atoms with van der Waals surface area (Å²) in [7, 11) is 1.61. The number of nitrogen functional groups attached to an aromatic ring is 1. The second-order valence-electron chi connectivity index (χ2n) is 4.55. The van der Waals surface area contributed by atoms with E-state index in [9.17, 15) is 4.79 Å². The van der Waals surface area contributed by atoms with Gasteiger partial charge in [-0.2, -0.15) is 0 Å². The van der Waals surface area contributed by atoms with Gasteiger partial charge in [-0.15, -0.1) is 0 Å². The number of carbonyl (C=O) groups is 1. The third-order valence-corrected chi connectivity index (χ3v) is 4.08. The zero-order valence-electron chi connectivity index (χ0n) is 11.9. The minimum absolute atomic E-state index is 0.113. The van der Waals surface area contributed by atoms with Crippen molar-refractivity contribution >= 4 is 29.1 Å². The molecule has 0 spiro atoms. The third-order valence-electron chi connectivity index (χ3n) is 3.01. The largest absolute Gasteiger partial charge is 0.398 e. The van der Waals surface area contributed by atoms with Crippen LogP contribution in [0.3, 0.4) is 0 Å². The molecule has 4 nitrogen and oxygen atoms in total. The van der Waals surface area contributed by atoms with Crippen LogP contribution in [0.4, 0.5) is 5.69 Å². The Morgan fingerprint density at radius 1 is 1.19 bits per heavy atom. The Bertz CT molecular complexity index is 698. The van der Waals surface area contributed by atoms with Gasteiger partial charge in [0.25, 0.3) is 5.91 Å². The molecule has 0 saturated heterocycles. The molecule has 2 rings (SSSR count). The molecule has 0 heterocycles. The van der Waals surface area contributed by atoms with Crippen LogP contribution in [0.1, 0.15) is 22.8 Å². The summed E-state index contributed by atoms with van der Waals surface area (Å²) < 4.78 is 0. The van der Waals surface area contributed by atoms with Crippen molar-refractivity contribution in [3.63, 3.8) is 0 Å². The summed E-state index contributed by atoms with van der Waals surface area (Å²) in [6, 6.07) is 13.0. The number of carbonyl (C=O) groups excluding carboxylic acids is 1. The molecule has 0 aliphatic carbocycles. The fourth-order valence-corrected chi connectivity index (χ4v) is 2.94. The quantitative estimate of drug-likeness (QED) is 0.599. The number of hydrogen-bond donors (Lipinski definition) is 3. The normalized spacial score (nSPS) is 10.2. The van der Waals surface area contributed by atoms with Gasteiger partial charge >= 0.3 is 0 Å². The van der Waals surface area contributed by atoms with Crippen LogP contribution in [0, 0.1) is 5.41 Å². The molecule has 0 saturated carbocycles. The van der Waals surface area contributed by atoms with Crippen molar-refractivity contribution in [2.45, 2.75) is 16.7 Å². The Morgan fingerprint density at radius 2 is 1.90 bits per heavy atom. The molecule has 0 bridgehead atoms. The van der Waals surface area contributed by atoms with E-state index in [1.807, 2.05) is 36.4 Å². The van der Waals surface area contributed by atoms with E-state index in [2.05, 4.69) is 5.32 Å². The van der Waals surface area contributed by atoms with Crippen LogP contribution < -0.4 is 11.1 Å². The van der Waals surface area contributed by atoms with Gasteiger partial charge in [-0.3, -0.25) is 4.79 Å². The topological polar surface area (TPSA) is 79.0 Å². The van der Waals surface area contributed by atoms with Crippen molar-refractivity contribution in [2.75, 3.05) is 12.8 Å². The second kappa shape index (κ2) is 6.45. The van der Waals surface area contributed by atoms with Crippen molar-refractivity contribution in [3.05, 3.63) is 53.6 Å². The molecule has 0 unspecified atom stereocenters. The second-order valence-corrected chi connectivity index (χ2v) is 5.67. The molecule has 21 heavy (non-hydrogen) atoms. The Hall–Kier alpha value is -2.27. The number of anilines is 1. The molecule has 0 radical (unpaired) electrons. The van der Waals surface area contributed by atoms with E-state index < -0.39 is 0 Å². The van der Waals surface area contributed by atoms with E-state index in [1.165, 1.54) is 11.8 Å². The van der Waals surface area contributed by atoms with Crippen molar-refractivity contribution in [1.82, 2.24) is 5.32 Å². The smallest absolute Gasteiger partial charge is 0.252 e. The minimum Gasteiger partial charge on any atom is -0.398 e. The predicted octanol–water partition coefficient (Wildman–Crippen LogP) is 3.17. The number of hydrogen-bond acceptors (Lipinski definition) is 4. The van der Waals surface area contributed by atoms with E-state index >= 15 is 0 Å². The van der Waals surface area contributed by atoms with Crippen molar-refractivity contribution in [1.29, 1.82) is 5.41 Å². The summed E-state index contributed by atoms with van der Waals surface area (Å²) in [6.45, 7) is 1.71. The fourth-order valence-electron chi connectivity index (χ4n) is 1.95. The number of nitrogens with two attached hydrogens (primary N) is 1. The van der Waals surface area contributed by atoms with Crippen LogP contribution in [0.15, 0.2) is 52.3 Å². The Morgan fingerprint density at radius 3 is 2.52 bits per heavy atom. The van der Waals surface area contributed by atoms with E-state index in [0.29, 0.717) is 17.0 Å². The zero-order valence-corrected chi connectivity index (χ0v) is 12.8. The SMILES string of the molecule is CNC(=O)c1ccccc1Sc1ccc(C(C)=N)c(N)c1. The maximum Gasteiger partial charge on any atom is 0.252 e. The average Bonchev–Trinajstić information content (AvgIpc) is 2.46. The first-order valence-electron chi connectivity index (χ1n) is 6.47. The zero-order chi connectivity index (χ0) is 15.4. The Kier molecular flexibility index (Phi) is 4.65. The molecule has 0 aliphatic rings. The van der Waals surface area contributed by atoms with Crippen LogP contribution in [-0.2, 0) is 0 Å². The number of nitrogens with one attached hydrogen (secondary N) is 2. The van der Waals surface area contributed by atoms with Crippen LogP contribution in [0.2, 0.25) is 0 Å². The van der Waals surface area contributed by atoms with E-state index in [-0.39, 0.29) is 5.91 Å². The minimum atomic E-state index is -0.113. The molecule has 0 aromatic heterocycles. The van der Waals surface area contributed by atoms with Crippen LogP contribution in [-0.4, -0.2) is 18.7 Å². The van der Waals surface area contributed by atoms with Gasteiger partial charge in [-0.05, 0) is 37.3 Å². The summed E-state index contributed by atoms with van der Waals surface area (Å²) in [6.07, 6.45) is 0. The van der Waals surface area contributed by atoms with Crippen molar-refractivity contribution in [3.8, 4) is 0 Å². The molecule has 108 valence electrons. The highest BCUT2D eigenvalue weighted by atomic mass is 32.2. The lowest BCUT2D eigenvalue weighted by Gasteiger charge is -2.10. The highest BCUT2D eigenvalue weighted by Gasteiger charge is 2.11. The van der Waals surface area contributed by atoms with Crippen molar-refractivity contribution in [2.24, 2.45) is 0 Å². The first-order valence-corrected chi connectivity index (χ1v) is 7.28. The van der Waals surface area contributed by atoms with Gasteiger partial charge in [0.1, 0.15) is 0 Å². The van der Waals surface area contributed by atoms with Gasteiger partial charge in [0.05, 0.1) is 5.56 Å². The summed E-state index contributed by atoms with van der Waals surface area (Å²) >= 11 is 1.48. The lowest BCUT2D eigenvalue weighted by molar-refractivity contribution is 0.0960. The molecule has 2 aromatic carbocycles. The highest BCUT2D eigenvalue weighted by molar-refractivity contribution is 7.99. The average molecular weight is 299 g/mol. The van der Waals surface area contributed by atoms with Gasteiger partial charge < -0.3 is 16.5 Å². The standard InChI is InChI=1S/C16H17N3OS/c1-10(17)12-8-7-11(9-14(12)18)21-15-6-4-3-5-13(15)16(20)19-2/h3-9,17H,18H2,1-2H3,(H,19,20). The molecular formula is C16H17N3OS. The maximum atomic E-state index is 11.9. The van der Waals surface area contributed by atoms with Crippen LogP contribution >= 0.6 is 11.8 Å². The van der Waals surface area contributed by atoms with Gasteiger partial charge in [0.15, 0.2) is 0 Å². The summed E-state index contributed by atoms with van der Waals surface area (Å²) in [5.74, 6) is -0.113. The van der Waals surface area contributed by atoms with Gasteiger partial charge in [0.2, 0.25) is 0 Å². The molecular weight excluding hydrogens is 282 g/mol. The summed E-state index contributed by atoms with van der Waals surface area (Å²) in [5, 5.41) is 10.3. The molecule has 2 aromatic rings. The molecule has 1 amide bonds. The van der Waals surface area contributed by atoms with E-state index in [4.69, 9.17) is 11.1 Å². The summed E-state index contributed by atoms with van der Waals surface area (Å²) in [5.41, 5.74) is 8.35. The van der Waals surface area contributed by atoms with Crippen LogP contribution in [0.25, 0.3) is 0 Å². The summed E-state index contributed by atoms with van der Waals surface area (Å²) in [4.78, 5) is 13.7. The molecule has 0 aliphatic heterocycles. The fraction of sp³-hybridized carbons (Fsp3) is 0.125. The molecule has 4 N–H and O–H groups in total. The third kappa shape index (κ3) is 3.44. The Labute approximate surface area is 128 Å². The van der Waals surface area contributed by atoms with Crippen molar-refractivity contribution < 1.29 is 4.79 Å². The molecule has 5 heteroatoms. The van der Waals surface area contributed by atoms with E-state index in [1.54, 1.807) is 20.0 Å². The number of rotatable bonds is 4. The monoisotopic (exact) mass is 299 g/mol. The van der Waals surface area contributed by atoms with Crippen LogP contribution in [0.5, 0.6) is 0 Å². The highest BCUT2D eigenvalue weighted by Crippen LogP contribution is 2.32. The van der Waals surface area contributed by atoms with E-state index in [0.717, 1.165) is 15.4 Å². The van der Waals surface area contributed by atoms with Gasteiger partial charge in [-0.1, -0.05) is 23.9 Å². The first kappa shape index (κ1) is 15.1. The van der Waals surface area contributed by atoms with Gasteiger partial charge in [0, 0.05) is 33.8 Å². The maximum absolute atomic E-state index is 11.9.